The third-order valence-corrected chi connectivity index (χ3v) is 2.17. The minimum absolute atomic E-state index is 0.234. The lowest BCUT2D eigenvalue weighted by Crippen LogP contribution is -2.23. The molecule has 15 heavy (non-hydrogen) atoms. The molecule has 1 unspecified atom stereocenters. The van der Waals surface area contributed by atoms with E-state index in [1.165, 1.54) is 0 Å². The van der Waals surface area contributed by atoms with Crippen LogP contribution in [-0.2, 0) is 0 Å². The summed E-state index contributed by atoms with van der Waals surface area (Å²) in [4.78, 5) is 0. The molecule has 0 bridgehead atoms. The topological polar surface area (TPSA) is 61.7 Å². The number of anilines is 1. The summed E-state index contributed by atoms with van der Waals surface area (Å²) < 4.78 is 5.08. The lowest BCUT2D eigenvalue weighted by Gasteiger charge is -2.13. The number of nitrogens with one attached hydrogen (secondary N) is 1. The van der Waals surface area contributed by atoms with Gasteiger partial charge in [-0.3, -0.25) is 0 Å². The summed E-state index contributed by atoms with van der Waals surface area (Å²) in [5.41, 5.74) is 1.97. The minimum Gasteiger partial charge on any atom is -0.497 e. The second kappa shape index (κ2) is 5.58. The molecule has 0 radical (unpaired) electrons. The number of aliphatic hydroxyl groups excluding tert-OH is 2. The van der Waals surface area contributed by atoms with Crippen LogP contribution < -0.4 is 10.1 Å². The van der Waals surface area contributed by atoms with Crippen molar-refractivity contribution in [3.8, 4) is 5.75 Å². The van der Waals surface area contributed by atoms with Crippen LogP contribution in [0.25, 0.3) is 0 Å². The summed E-state index contributed by atoms with van der Waals surface area (Å²) in [6.45, 7) is 2.06. The van der Waals surface area contributed by atoms with Gasteiger partial charge in [-0.1, -0.05) is 0 Å². The smallest absolute Gasteiger partial charge is 0.119 e. The predicted molar refractivity (Wildman–Crippen MR) is 59.3 cm³/mol. The molecule has 4 heteroatoms. The molecule has 0 aromatic heterocycles. The van der Waals surface area contributed by atoms with Gasteiger partial charge in [0.1, 0.15) is 5.75 Å². The Hall–Kier alpha value is -1.26. The molecular weight excluding hydrogens is 194 g/mol. The van der Waals surface area contributed by atoms with Crippen LogP contribution in [0.15, 0.2) is 18.2 Å². The van der Waals surface area contributed by atoms with Crippen LogP contribution in [0.5, 0.6) is 5.75 Å². The number of hydrogen-bond acceptors (Lipinski definition) is 4. The highest BCUT2D eigenvalue weighted by Crippen LogP contribution is 2.20. The molecule has 0 heterocycles. The van der Waals surface area contributed by atoms with Crippen molar-refractivity contribution in [2.45, 2.75) is 13.0 Å². The minimum atomic E-state index is -0.730. The van der Waals surface area contributed by atoms with Crippen LogP contribution in [-0.4, -0.2) is 36.6 Å². The fourth-order valence-electron chi connectivity index (χ4n) is 1.25. The Kier molecular flexibility index (Phi) is 4.39. The van der Waals surface area contributed by atoms with Crippen molar-refractivity contribution in [1.82, 2.24) is 0 Å². The van der Waals surface area contributed by atoms with E-state index in [2.05, 4.69) is 5.32 Å². The molecule has 1 aromatic carbocycles. The van der Waals surface area contributed by atoms with Gasteiger partial charge in [-0.25, -0.2) is 0 Å². The second-order valence-electron chi connectivity index (χ2n) is 3.40. The van der Waals surface area contributed by atoms with E-state index in [9.17, 15) is 5.11 Å². The van der Waals surface area contributed by atoms with Crippen LogP contribution in [0, 0.1) is 6.92 Å². The molecule has 0 fully saturated rings. The fourth-order valence-corrected chi connectivity index (χ4v) is 1.25. The largest absolute Gasteiger partial charge is 0.497 e. The number of rotatable bonds is 5. The van der Waals surface area contributed by atoms with Gasteiger partial charge < -0.3 is 20.3 Å². The Morgan fingerprint density at radius 3 is 2.73 bits per heavy atom. The van der Waals surface area contributed by atoms with Crippen LogP contribution in [0.3, 0.4) is 0 Å². The molecule has 0 saturated carbocycles. The first-order chi connectivity index (χ1) is 7.17. The molecule has 84 valence electrons. The van der Waals surface area contributed by atoms with Crippen molar-refractivity contribution in [2.24, 2.45) is 0 Å². The quantitative estimate of drug-likeness (QED) is 0.673. The zero-order chi connectivity index (χ0) is 11.3. The van der Waals surface area contributed by atoms with E-state index in [1.54, 1.807) is 7.11 Å². The van der Waals surface area contributed by atoms with Crippen molar-refractivity contribution in [3.05, 3.63) is 23.8 Å². The summed E-state index contributed by atoms with van der Waals surface area (Å²) in [5.74, 6) is 0.806. The van der Waals surface area contributed by atoms with Crippen molar-refractivity contribution in [3.63, 3.8) is 0 Å². The third-order valence-electron chi connectivity index (χ3n) is 2.17. The van der Waals surface area contributed by atoms with Gasteiger partial charge in [-0.05, 0) is 30.7 Å². The molecule has 1 rings (SSSR count). The van der Waals surface area contributed by atoms with Gasteiger partial charge in [-0.15, -0.1) is 0 Å². The average molecular weight is 211 g/mol. The number of methoxy groups -OCH3 is 1. The van der Waals surface area contributed by atoms with E-state index in [1.807, 2.05) is 25.1 Å². The number of benzene rings is 1. The van der Waals surface area contributed by atoms with E-state index in [0.717, 1.165) is 17.0 Å². The Balaban J connectivity index is 2.62. The Morgan fingerprint density at radius 1 is 1.47 bits per heavy atom. The van der Waals surface area contributed by atoms with E-state index in [4.69, 9.17) is 9.84 Å². The first-order valence-electron chi connectivity index (χ1n) is 4.84. The lowest BCUT2D eigenvalue weighted by molar-refractivity contribution is 0.105. The van der Waals surface area contributed by atoms with E-state index in [-0.39, 0.29) is 6.61 Å². The summed E-state index contributed by atoms with van der Waals surface area (Å²) in [7, 11) is 1.62. The van der Waals surface area contributed by atoms with Crippen LogP contribution in [0.2, 0.25) is 0 Å². The normalized spacial score (nSPS) is 12.3. The molecule has 1 atom stereocenters. The van der Waals surface area contributed by atoms with Gasteiger partial charge in [0.05, 0.1) is 19.8 Å². The Bertz CT molecular complexity index is 315. The van der Waals surface area contributed by atoms with Gasteiger partial charge in [0.25, 0.3) is 0 Å². The zero-order valence-corrected chi connectivity index (χ0v) is 9.03. The van der Waals surface area contributed by atoms with Crippen molar-refractivity contribution in [1.29, 1.82) is 0 Å². The van der Waals surface area contributed by atoms with Gasteiger partial charge in [0, 0.05) is 12.2 Å². The van der Waals surface area contributed by atoms with Crippen molar-refractivity contribution >= 4 is 5.69 Å². The van der Waals surface area contributed by atoms with Gasteiger partial charge in [0.2, 0.25) is 0 Å². The summed E-state index contributed by atoms with van der Waals surface area (Å²) in [6.07, 6.45) is -0.730. The van der Waals surface area contributed by atoms with Crippen LogP contribution >= 0.6 is 0 Å². The first-order valence-corrected chi connectivity index (χ1v) is 4.84. The van der Waals surface area contributed by atoms with Crippen molar-refractivity contribution in [2.75, 3.05) is 25.6 Å². The van der Waals surface area contributed by atoms with Gasteiger partial charge in [-0.2, -0.15) is 0 Å². The van der Waals surface area contributed by atoms with E-state index >= 15 is 0 Å². The highest BCUT2D eigenvalue weighted by molar-refractivity contribution is 5.53. The summed E-state index contributed by atoms with van der Waals surface area (Å²) in [6, 6.07) is 5.65. The Labute approximate surface area is 89.5 Å². The molecule has 0 aliphatic heterocycles. The molecule has 0 amide bonds. The van der Waals surface area contributed by atoms with E-state index < -0.39 is 6.10 Å². The van der Waals surface area contributed by atoms with Crippen LogP contribution in [0.1, 0.15) is 5.56 Å². The van der Waals surface area contributed by atoms with E-state index in [0.29, 0.717) is 6.54 Å². The average Bonchev–Trinajstić information content (AvgIpc) is 2.26. The van der Waals surface area contributed by atoms with Gasteiger partial charge >= 0.3 is 0 Å². The maximum Gasteiger partial charge on any atom is 0.119 e. The number of aryl methyl sites for hydroxylation is 1. The third kappa shape index (κ3) is 3.42. The molecule has 1 aromatic rings. The zero-order valence-electron chi connectivity index (χ0n) is 9.03. The number of hydrogen-bond donors (Lipinski definition) is 3. The highest BCUT2D eigenvalue weighted by atomic mass is 16.5. The predicted octanol–water partition coefficient (Wildman–Crippen LogP) is 0.769. The first kappa shape index (κ1) is 11.8. The number of ether oxygens (including phenoxy) is 1. The maximum absolute atomic E-state index is 9.17. The maximum atomic E-state index is 9.17. The molecule has 3 N–H and O–H groups in total. The molecule has 0 aliphatic rings. The standard InChI is InChI=1S/C11H17NO3/c1-8-5-10(15-2)3-4-11(8)12-6-9(14)7-13/h3-5,9,12-14H,6-7H2,1-2H3. The molecule has 0 saturated heterocycles. The van der Waals surface area contributed by atoms with Crippen LogP contribution in [0.4, 0.5) is 5.69 Å². The van der Waals surface area contributed by atoms with Crippen molar-refractivity contribution < 1.29 is 14.9 Å². The summed E-state index contributed by atoms with van der Waals surface area (Å²) >= 11 is 0. The lowest BCUT2D eigenvalue weighted by atomic mass is 10.2. The summed E-state index contributed by atoms with van der Waals surface area (Å²) in [5, 5.41) is 20.9. The molecule has 0 aliphatic carbocycles. The number of aliphatic hydroxyl groups is 2. The SMILES string of the molecule is COc1ccc(NCC(O)CO)c(C)c1. The molecule has 4 nitrogen and oxygen atoms in total. The van der Waals surface area contributed by atoms with Gasteiger partial charge in [0.15, 0.2) is 0 Å². The molecule has 0 spiro atoms. The molecular formula is C11H17NO3. The fraction of sp³-hybridized carbons (Fsp3) is 0.455. The highest BCUT2D eigenvalue weighted by Gasteiger charge is 2.03. The monoisotopic (exact) mass is 211 g/mol. The Morgan fingerprint density at radius 2 is 2.20 bits per heavy atom. The second-order valence-corrected chi connectivity index (χ2v) is 3.40.